The summed E-state index contributed by atoms with van der Waals surface area (Å²) in [6, 6.07) is 3.04. The maximum atomic E-state index is 13.8. The molecule has 346 valence electrons. The summed E-state index contributed by atoms with van der Waals surface area (Å²) in [5.41, 5.74) is 3.18. The van der Waals surface area contributed by atoms with Crippen LogP contribution in [0.1, 0.15) is 136 Å². The summed E-state index contributed by atoms with van der Waals surface area (Å²) in [4.78, 5) is 73.8. The van der Waals surface area contributed by atoms with Crippen LogP contribution in [0.3, 0.4) is 0 Å². The Balaban J connectivity index is 1.37. The zero-order valence-electron chi connectivity index (χ0n) is 36.9. The van der Waals surface area contributed by atoms with E-state index in [4.69, 9.17) is 4.74 Å². The lowest BCUT2D eigenvalue weighted by Crippen LogP contribution is -3.20. The number of sulfonamides is 1. The molecule has 2 saturated carbocycles. The van der Waals surface area contributed by atoms with Crippen LogP contribution in [0.2, 0.25) is 0 Å². The van der Waals surface area contributed by atoms with Gasteiger partial charge in [-0.2, -0.15) is 5.43 Å². The minimum absolute atomic E-state index is 0.0470. The number of imidazole rings is 1. The molecule has 1 aromatic carbocycles. The summed E-state index contributed by atoms with van der Waals surface area (Å²) >= 11 is 0. The van der Waals surface area contributed by atoms with Crippen LogP contribution in [0, 0.1) is 28.9 Å². The fraction of sp³-hybridized carbons (Fsp3) is 0.674. The fourth-order valence-corrected chi connectivity index (χ4v) is 9.09. The van der Waals surface area contributed by atoms with E-state index in [9.17, 15) is 37.6 Å². The lowest BCUT2D eigenvalue weighted by molar-refractivity contribution is -0.926. The number of amides is 4. The van der Waals surface area contributed by atoms with Gasteiger partial charge < -0.3 is 36.2 Å². The predicted molar refractivity (Wildman–Crippen MR) is 232 cm³/mol. The second-order valence-corrected chi connectivity index (χ2v) is 19.3. The zero-order valence-corrected chi connectivity index (χ0v) is 37.7. The molecule has 4 rings (SSSR count). The second kappa shape index (κ2) is 25.0. The Hall–Kier alpha value is -4.43. The average molecular weight is 888 g/mol. The molecule has 5 atom stereocenters. The Morgan fingerprint density at radius 1 is 0.903 bits per heavy atom. The molecule has 0 saturated heterocycles. The largest absolute Gasteiger partial charge is 0.612 e. The number of hydroxylamine groups is 1. The van der Waals surface area contributed by atoms with Crippen molar-refractivity contribution in [2.45, 2.75) is 147 Å². The third kappa shape index (κ3) is 16.0. The van der Waals surface area contributed by atoms with Crippen LogP contribution < -0.4 is 36.6 Å². The van der Waals surface area contributed by atoms with Crippen molar-refractivity contribution in [2.75, 3.05) is 19.7 Å². The van der Waals surface area contributed by atoms with E-state index >= 15 is 0 Å². The maximum Gasteiger partial charge on any atom is 0.407 e. The molecule has 0 aliphatic heterocycles. The monoisotopic (exact) mass is 887 g/mol. The number of aromatic nitrogens is 2. The highest BCUT2D eigenvalue weighted by molar-refractivity contribution is 7.89. The number of Topliss-reactive ketones (excluding diaryl/α,β-unsaturated/α-hetero) is 1. The number of quaternary nitrogens is 1. The van der Waals surface area contributed by atoms with Crippen molar-refractivity contribution < 1.29 is 42.3 Å². The van der Waals surface area contributed by atoms with Gasteiger partial charge in [-0.25, -0.2) is 22.9 Å². The van der Waals surface area contributed by atoms with Crippen LogP contribution in [-0.4, -0.2) is 85.9 Å². The number of hydrogen-bond acceptors (Lipinski definition) is 11. The van der Waals surface area contributed by atoms with Crippen LogP contribution >= 0.6 is 0 Å². The van der Waals surface area contributed by atoms with Gasteiger partial charge in [0, 0.05) is 25.4 Å². The fourth-order valence-electron chi connectivity index (χ4n) is 7.97. The van der Waals surface area contributed by atoms with Gasteiger partial charge in [-0.15, -0.1) is 0 Å². The van der Waals surface area contributed by atoms with Gasteiger partial charge >= 0.3 is 6.09 Å². The third-order valence-corrected chi connectivity index (χ3v) is 12.8. The van der Waals surface area contributed by atoms with Gasteiger partial charge in [0.1, 0.15) is 23.9 Å². The Labute approximate surface area is 366 Å². The van der Waals surface area contributed by atoms with Gasteiger partial charge in [-0.05, 0) is 73.5 Å². The van der Waals surface area contributed by atoms with Crippen LogP contribution in [0.4, 0.5) is 4.79 Å². The van der Waals surface area contributed by atoms with E-state index < -0.39 is 75.6 Å². The first-order valence-electron chi connectivity index (χ1n) is 22.3. The highest BCUT2D eigenvalue weighted by atomic mass is 32.2. The number of benzene rings is 1. The molecule has 19 heteroatoms. The number of aromatic amines is 1. The SMILES string of the molecule is CCCC(N[NH+]([O-])[C@H](CC(C)C)NC(=O)[C@@H](NC(=O)OCC(C)C)C1CCCCC1)C(=O)C(=O)NCC(=O)NC(c1ccc(S(=O)(=O)NCC2CCCCC2)cc1)c1ncc[nH]1. The normalized spacial score (nSPS) is 17.7. The Kier molecular flexibility index (Phi) is 20.3. The smallest absolute Gasteiger partial charge is 0.407 e. The summed E-state index contributed by atoms with van der Waals surface area (Å²) in [5.74, 6) is -2.68. The van der Waals surface area contributed by atoms with Gasteiger partial charge in [0.15, 0.2) is 6.17 Å². The molecule has 2 aliphatic carbocycles. The molecular formula is C43H69N9O9S. The maximum absolute atomic E-state index is 13.8. The number of carbonyl (C=O) groups excluding carboxylic acids is 5. The molecule has 0 radical (unpaired) electrons. The first-order valence-corrected chi connectivity index (χ1v) is 23.8. The van der Waals surface area contributed by atoms with Crippen LogP contribution in [-0.2, 0) is 33.9 Å². The molecule has 0 bridgehead atoms. The molecule has 2 aromatic rings. The first-order chi connectivity index (χ1) is 29.6. The van der Waals surface area contributed by atoms with E-state index in [2.05, 4.69) is 41.4 Å². The van der Waals surface area contributed by atoms with Gasteiger partial charge in [0.2, 0.25) is 27.6 Å². The van der Waals surface area contributed by atoms with E-state index in [-0.39, 0.29) is 42.1 Å². The van der Waals surface area contributed by atoms with Crippen molar-refractivity contribution in [1.82, 2.24) is 41.4 Å². The molecular weight excluding hydrogens is 819 g/mol. The molecule has 18 nitrogen and oxygen atoms in total. The number of rotatable bonds is 24. The molecule has 3 unspecified atom stereocenters. The molecule has 4 amide bonds. The third-order valence-electron chi connectivity index (χ3n) is 11.3. The van der Waals surface area contributed by atoms with E-state index in [1.54, 1.807) is 25.3 Å². The number of H-pyrrole nitrogens is 1. The Morgan fingerprint density at radius 2 is 1.56 bits per heavy atom. The van der Waals surface area contributed by atoms with Crippen molar-refractivity contribution in [3.8, 4) is 0 Å². The van der Waals surface area contributed by atoms with E-state index in [0.717, 1.165) is 57.8 Å². The second-order valence-electron chi connectivity index (χ2n) is 17.5. The molecule has 1 heterocycles. The summed E-state index contributed by atoms with van der Waals surface area (Å²) in [7, 11) is -3.76. The van der Waals surface area contributed by atoms with Crippen molar-refractivity contribution in [1.29, 1.82) is 0 Å². The van der Waals surface area contributed by atoms with E-state index in [1.807, 2.05) is 27.7 Å². The van der Waals surface area contributed by atoms with Gasteiger partial charge in [0.25, 0.3) is 5.91 Å². The van der Waals surface area contributed by atoms with Crippen molar-refractivity contribution >= 4 is 39.6 Å². The summed E-state index contributed by atoms with van der Waals surface area (Å²) in [6.45, 7) is 9.33. The average Bonchev–Trinajstić information content (AvgIpc) is 3.80. The van der Waals surface area contributed by atoms with Gasteiger partial charge in [-0.1, -0.05) is 91.7 Å². The van der Waals surface area contributed by atoms with Crippen molar-refractivity contribution in [3.05, 3.63) is 53.3 Å². The lowest BCUT2D eigenvalue weighted by Gasteiger charge is -2.36. The number of carbonyl (C=O) groups is 5. The van der Waals surface area contributed by atoms with Crippen LogP contribution in [0.25, 0.3) is 0 Å². The van der Waals surface area contributed by atoms with Gasteiger partial charge in [0.05, 0.1) is 18.0 Å². The van der Waals surface area contributed by atoms with Crippen LogP contribution in [0.5, 0.6) is 0 Å². The molecule has 62 heavy (non-hydrogen) atoms. The molecule has 2 aliphatic rings. The Bertz CT molecular complexity index is 1830. The molecule has 1 aromatic heterocycles. The van der Waals surface area contributed by atoms with E-state index in [1.165, 1.54) is 24.8 Å². The predicted octanol–water partition coefficient (Wildman–Crippen LogP) is 3.03. The minimum atomic E-state index is -3.76. The van der Waals surface area contributed by atoms with Gasteiger partial charge in [-0.3, -0.25) is 24.4 Å². The number of nitrogens with one attached hydrogen (secondary N) is 8. The standard InChI is InChI=1S/C43H69N9O9S/c1-6-13-34(51-52(58)35(24-28(2)3)48-41(55)38(31-16-11-8-12-17-31)50-43(57)61-27-29(4)5)39(54)42(56)46-26-36(53)49-37(40-44-22-23-45-40)32-18-20-33(21-19-32)62(59,60)47-25-30-14-9-7-10-15-30/h18-23,28-31,34-35,37-38,47,51-52H,6-17,24-27H2,1-5H3,(H,44,45)(H,46,56)(H,48,55)(H,49,53)(H,50,57)/t34?,35-,37?,38+/m1/s1. The number of hydrogen-bond donors (Lipinski definition) is 8. The molecule has 2 fully saturated rings. The lowest BCUT2D eigenvalue weighted by atomic mass is 9.83. The first kappa shape index (κ1) is 50.2. The highest BCUT2D eigenvalue weighted by Crippen LogP contribution is 2.27. The van der Waals surface area contributed by atoms with E-state index in [0.29, 0.717) is 30.3 Å². The van der Waals surface area contributed by atoms with Crippen molar-refractivity contribution in [2.24, 2.45) is 23.7 Å². The summed E-state index contributed by atoms with van der Waals surface area (Å²) in [6.07, 6.45) is 11.7. The number of ketones is 1. The minimum Gasteiger partial charge on any atom is -0.612 e. The Morgan fingerprint density at radius 3 is 2.16 bits per heavy atom. The summed E-state index contributed by atoms with van der Waals surface area (Å²) < 4.78 is 34.1. The number of alkyl carbamates (subject to hydrolysis) is 1. The van der Waals surface area contributed by atoms with Crippen molar-refractivity contribution in [3.63, 3.8) is 0 Å². The topological polar surface area (TPSA) is 257 Å². The highest BCUT2D eigenvalue weighted by Gasteiger charge is 2.36. The number of ether oxygens (including phenoxy) is 1. The number of nitrogens with zero attached hydrogens (tertiary/aromatic N) is 1. The zero-order chi connectivity index (χ0) is 45.2. The molecule has 0 spiro atoms. The quantitative estimate of drug-likeness (QED) is 0.0432. The van der Waals surface area contributed by atoms with Crippen LogP contribution in [0.15, 0.2) is 41.6 Å². The molecule has 8 N–H and O–H groups in total. The summed E-state index contributed by atoms with van der Waals surface area (Å²) in [5, 5.41) is 23.8.